The Kier molecular flexibility index (Phi) is 4.24. The highest BCUT2D eigenvalue weighted by molar-refractivity contribution is 8.93. The van der Waals surface area contributed by atoms with Crippen molar-refractivity contribution in [3.63, 3.8) is 0 Å². The molecule has 1 unspecified atom stereocenters. The molecule has 2 amide bonds. The van der Waals surface area contributed by atoms with E-state index in [1.165, 1.54) is 0 Å². The van der Waals surface area contributed by atoms with Gasteiger partial charge in [0.25, 0.3) is 11.8 Å². The van der Waals surface area contributed by atoms with Gasteiger partial charge in [-0.05, 0) is 12.1 Å². The van der Waals surface area contributed by atoms with Gasteiger partial charge in [-0.2, -0.15) is 9.90 Å². The van der Waals surface area contributed by atoms with Crippen LogP contribution in [-0.4, -0.2) is 11.8 Å². The normalized spacial score (nSPS) is 12.3. The number of nitrogens with one attached hydrogen (secondary N) is 1. The molecule has 1 N–H and O–H groups in total. The third kappa shape index (κ3) is 1.95. The largest absolute Gasteiger partial charge is 0.288 e. The molecular weight excluding hydrogens is 253 g/mol. The number of halogens is 1. The molecule has 0 bridgehead atoms. The van der Waals surface area contributed by atoms with Crippen molar-refractivity contribution in [2.24, 2.45) is 0 Å². The Hall–Kier alpha value is -0.730. The molecule has 0 saturated carbocycles. The highest BCUT2D eigenvalue weighted by Crippen LogP contribution is 2.13. The average molecular weight is 262 g/mol. The van der Waals surface area contributed by atoms with Gasteiger partial charge >= 0.3 is 0 Å². The Morgan fingerprint density at radius 3 is 1.69 bits per heavy atom. The second kappa shape index (κ2) is 4.49. The van der Waals surface area contributed by atoms with Gasteiger partial charge in [0.1, 0.15) is 0 Å². The van der Waals surface area contributed by atoms with Gasteiger partial charge in [0.05, 0.1) is 11.1 Å². The first-order valence-electron chi connectivity index (χ1n) is 3.24. The first-order chi connectivity index (χ1) is 5.29. The zero-order valence-electron chi connectivity index (χ0n) is 6.74. The van der Waals surface area contributed by atoms with Crippen LogP contribution in [0.25, 0.3) is 0 Å². The monoisotopic (exact) mass is 261 g/mol. The fourth-order valence-corrected chi connectivity index (χ4v) is 1.12. The maximum atomic E-state index is 10.9. The Morgan fingerprint density at radius 1 is 0.923 bits per heavy atom. The highest BCUT2D eigenvalue weighted by Gasteiger charge is 2.25. The van der Waals surface area contributed by atoms with Crippen LogP contribution in [-0.2, 0) is 0 Å². The number of amides is 2. The number of hydrogen-bond acceptors (Lipinski definition) is 2. The molecule has 1 heterocycles. The van der Waals surface area contributed by atoms with Crippen molar-refractivity contribution in [1.29, 1.82) is 0 Å². The average Bonchev–Trinajstić information content (AvgIpc) is 2.30. The third-order valence-electron chi connectivity index (χ3n) is 1.64. The smallest absolute Gasteiger partial charge is 0.258 e. The van der Waals surface area contributed by atoms with E-state index in [1.807, 2.05) is 0 Å². The molecule has 0 saturated heterocycles. The van der Waals surface area contributed by atoms with Gasteiger partial charge in [0, 0.05) is 0 Å². The minimum absolute atomic E-state index is 0. The molecule has 1 aliphatic rings. The molecule has 1 aliphatic heterocycles. The van der Waals surface area contributed by atoms with Crippen LogP contribution in [0.3, 0.4) is 0 Å². The maximum Gasteiger partial charge on any atom is 0.258 e. The number of benzene rings is 1. The van der Waals surface area contributed by atoms with Crippen LogP contribution in [0.1, 0.15) is 20.7 Å². The zero-order chi connectivity index (χ0) is 7.84. The topological polar surface area (TPSA) is 46.2 Å². The lowest BCUT2D eigenvalue weighted by molar-refractivity contribution is 0.0879. The van der Waals surface area contributed by atoms with Crippen LogP contribution in [0.4, 0.5) is 0 Å². The van der Waals surface area contributed by atoms with Crippen molar-refractivity contribution in [3.8, 4) is 0 Å². The van der Waals surface area contributed by atoms with E-state index in [0.29, 0.717) is 11.1 Å². The molecule has 0 aliphatic carbocycles. The maximum absolute atomic E-state index is 10.9. The van der Waals surface area contributed by atoms with Gasteiger partial charge in [-0.3, -0.25) is 14.9 Å². The van der Waals surface area contributed by atoms with Crippen molar-refractivity contribution in [2.75, 3.05) is 0 Å². The fraction of sp³-hybridized carbons (Fsp3) is 0. The van der Waals surface area contributed by atoms with Crippen LogP contribution >= 0.6 is 26.9 Å². The molecule has 0 fully saturated rings. The second-order valence-corrected chi connectivity index (χ2v) is 2.33. The first kappa shape index (κ1) is 12.3. The number of carbonyl (C=O) groups excluding carboxylic acids is 2. The van der Waals surface area contributed by atoms with Crippen molar-refractivity contribution >= 4 is 38.7 Å². The van der Waals surface area contributed by atoms with Gasteiger partial charge in [0.15, 0.2) is 0 Å². The van der Waals surface area contributed by atoms with E-state index in [4.69, 9.17) is 0 Å². The lowest BCUT2D eigenvalue weighted by atomic mass is 10.1. The summed E-state index contributed by atoms with van der Waals surface area (Å²) in [6, 6.07) is 6.74. The molecule has 1 aromatic carbocycles. The molecule has 13 heavy (non-hydrogen) atoms. The van der Waals surface area contributed by atoms with Gasteiger partial charge in [-0.25, -0.2) is 0 Å². The van der Waals surface area contributed by atoms with E-state index < -0.39 is 0 Å². The summed E-state index contributed by atoms with van der Waals surface area (Å²) < 4.78 is 0. The number of carbonyl (C=O) groups is 2. The minimum atomic E-state index is -0.300. The second-order valence-electron chi connectivity index (χ2n) is 2.33. The number of hydrogen-bond donors (Lipinski definition) is 1. The van der Waals surface area contributed by atoms with E-state index >= 15 is 0 Å². The molecule has 5 heteroatoms. The van der Waals surface area contributed by atoms with Crippen molar-refractivity contribution in [2.45, 2.75) is 0 Å². The van der Waals surface area contributed by atoms with Gasteiger partial charge in [-0.1, -0.05) is 12.1 Å². The van der Waals surface area contributed by atoms with Crippen molar-refractivity contribution in [1.82, 2.24) is 5.32 Å². The summed E-state index contributed by atoms with van der Waals surface area (Å²) in [6.45, 7) is 0. The molecule has 0 aromatic heterocycles. The van der Waals surface area contributed by atoms with Crippen LogP contribution in [0, 0.1) is 0 Å². The predicted octanol–water partition coefficient (Wildman–Crippen LogP) is 1.21. The van der Waals surface area contributed by atoms with Crippen LogP contribution in [0.5, 0.6) is 0 Å². The summed E-state index contributed by atoms with van der Waals surface area (Å²) in [6.07, 6.45) is 0. The van der Waals surface area contributed by atoms with Crippen LogP contribution < -0.4 is 5.32 Å². The van der Waals surface area contributed by atoms with Gasteiger partial charge in [0.2, 0.25) is 0 Å². The number of rotatable bonds is 0. The Bertz CT molecular complexity index is 321. The molecule has 70 valence electrons. The van der Waals surface area contributed by atoms with Crippen molar-refractivity contribution in [3.05, 3.63) is 35.4 Å². The van der Waals surface area contributed by atoms with E-state index in [1.54, 1.807) is 24.3 Å². The number of fused-ring (bicyclic) bond motifs is 1. The molecule has 1 aromatic rings. The molecular formula is C8H9BrNO2P. The van der Waals surface area contributed by atoms with Gasteiger partial charge < -0.3 is 0 Å². The number of imide groups is 1. The molecule has 3 nitrogen and oxygen atoms in total. The Balaban J connectivity index is 0.000000720. The van der Waals surface area contributed by atoms with Crippen molar-refractivity contribution < 1.29 is 9.59 Å². The summed E-state index contributed by atoms with van der Waals surface area (Å²) in [4.78, 5) is 21.9. The zero-order valence-corrected chi connectivity index (χ0v) is 9.87. The van der Waals surface area contributed by atoms with E-state index in [-0.39, 0.29) is 38.7 Å². The lowest BCUT2D eigenvalue weighted by Crippen LogP contribution is -2.19. The SMILES string of the molecule is Br.O=C1NC(=O)c2ccccc21.P. The highest BCUT2D eigenvalue weighted by atomic mass is 79.9. The summed E-state index contributed by atoms with van der Waals surface area (Å²) >= 11 is 0. The minimum Gasteiger partial charge on any atom is -0.288 e. The first-order valence-corrected chi connectivity index (χ1v) is 3.24. The fourth-order valence-electron chi connectivity index (χ4n) is 1.12. The summed E-state index contributed by atoms with van der Waals surface area (Å²) in [5.74, 6) is -0.601. The van der Waals surface area contributed by atoms with Crippen LogP contribution in [0.15, 0.2) is 24.3 Å². The lowest BCUT2D eigenvalue weighted by Gasteiger charge is -1.88. The summed E-state index contributed by atoms with van der Waals surface area (Å²) in [5, 5.41) is 2.20. The third-order valence-corrected chi connectivity index (χ3v) is 1.64. The van der Waals surface area contributed by atoms with E-state index in [2.05, 4.69) is 5.32 Å². The van der Waals surface area contributed by atoms with E-state index in [0.717, 1.165) is 0 Å². The summed E-state index contributed by atoms with van der Waals surface area (Å²) in [5.41, 5.74) is 0.940. The van der Waals surface area contributed by atoms with E-state index in [9.17, 15) is 9.59 Å². The molecule has 1 atom stereocenters. The van der Waals surface area contributed by atoms with Crippen LogP contribution in [0.2, 0.25) is 0 Å². The predicted molar refractivity (Wildman–Crippen MR) is 59.7 cm³/mol. The standard InChI is InChI=1S/C8H5NO2.BrH.H3P/c10-7-5-3-1-2-4-6(5)8(11)9-7;;/h1-4H,(H,9,10,11);1H;1H3. The molecule has 2 rings (SSSR count). The molecule has 0 spiro atoms. The Morgan fingerprint density at radius 2 is 1.31 bits per heavy atom. The van der Waals surface area contributed by atoms with Gasteiger partial charge in [-0.15, -0.1) is 17.0 Å². The molecule has 0 radical (unpaired) electrons. The Labute approximate surface area is 89.3 Å². The quantitative estimate of drug-likeness (QED) is 0.564. The summed E-state index contributed by atoms with van der Waals surface area (Å²) in [7, 11) is 0.